The van der Waals surface area contributed by atoms with Crippen LogP contribution in [0.4, 0.5) is 5.13 Å². The molecule has 100 valence electrons. The predicted octanol–water partition coefficient (Wildman–Crippen LogP) is 1.41. The average Bonchev–Trinajstić information content (AvgIpc) is 2.69. The summed E-state index contributed by atoms with van der Waals surface area (Å²) in [4.78, 5) is 19.1. The van der Waals surface area contributed by atoms with Crippen LogP contribution in [0.3, 0.4) is 0 Å². The van der Waals surface area contributed by atoms with Crippen molar-refractivity contribution in [3.05, 3.63) is 10.6 Å². The van der Waals surface area contributed by atoms with E-state index in [1.54, 1.807) is 0 Å². The van der Waals surface area contributed by atoms with E-state index in [0.29, 0.717) is 22.1 Å². The lowest BCUT2D eigenvalue weighted by atomic mass is 9.99. The highest BCUT2D eigenvalue weighted by atomic mass is 32.1. The van der Waals surface area contributed by atoms with E-state index in [9.17, 15) is 4.79 Å². The van der Waals surface area contributed by atoms with Gasteiger partial charge in [-0.3, -0.25) is 4.79 Å². The zero-order chi connectivity index (χ0) is 13.1. The number of likely N-dealkylation sites (tertiary alicyclic amines) is 1. The first-order chi connectivity index (χ1) is 8.63. The van der Waals surface area contributed by atoms with E-state index in [-0.39, 0.29) is 18.6 Å². The SMILES string of the molecule is Cc1nc(N)sc1C(=O)N1CCCCC1CCO. The second-order valence-electron chi connectivity index (χ2n) is 4.63. The van der Waals surface area contributed by atoms with Crippen LogP contribution < -0.4 is 5.73 Å². The van der Waals surface area contributed by atoms with Gasteiger partial charge in [-0.15, -0.1) is 0 Å². The van der Waals surface area contributed by atoms with Gasteiger partial charge in [0.1, 0.15) is 4.88 Å². The fraction of sp³-hybridized carbons (Fsp3) is 0.667. The van der Waals surface area contributed by atoms with E-state index in [1.807, 2.05) is 11.8 Å². The van der Waals surface area contributed by atoms with E-state index < -0.39 is 0 Å². The lowest BCUT2D eigenvalue weighted by Crippen LogP contribution is -2.44. The van der Waals surface area contributed by atoms with Gasteiger partial charge >= 0.3 is 0 Å². The zero-order valence-electron chi connectivity index (χ0n) is 10.6. The van der Waals surface area contributed by atoms with Gasteiger partial charge in [0.15, 0.2) is 5.13 Å². The van der Waals surface area contributed by atoms with Gasteiger partial charge in [0.05, 0.1) is 5.69 Å². The lowest BCUT2D eigenvalue weighted by Gasteiger charge is -2.35. The third-order valence-corrected chi connectivity index (χ3v) is 4.33. The van der Waals surface area contributed by atoms with Gasteiger partial charge in [0, 0.05) is 19.2 Å². The molecule has 18 heavy (non-hydrogen) atoms. The van der Waals surface area contributed by atoms with Crippen LogP contribution in [0.15, 0.2) is 0 Å². The summed E-state index contributed by atoms with van der Waals surface area (Å²) in [5, 5.41) is 9.52. The molecule has 0 spiro atoms. The molecule has 2 heterocycles. The number of aliphatic hydroxyl groups excluding tert-OH is 1. The van der Waals surface area contributed by atoms with Crippen molar-refractivity contribution in [3.63, 3.8) is 0 Å². The molecular formula is C12H19N3O2S. The van der Waals surface area contributed by atoms with Crippen LogP contribution in [-0.4, -0.2) is 40.1 Å². The van der Waals surface area contributed by atoms with Crippen LogP contribution in [-0.2, 0) is 0 Å². The first-order valence-corrected chi connectivity index (χ1v) is 7.10. The lowest BCUT2D eigenvalue weighted by molar-refractivity contribution is 0.0578. The second kappa shape index (κ2) is 5.67. The molecule has 1 aromatic heterocycles. The minimum Gasteiger partial charge on any atom is -0.396 e. The first kappa shape index (κ1) is 13.3. The van der Waals surface area contributed by atoms with Crippen LogP contribution in [0.1, 0.15) is 41.0 Å². The standard InChI is InChI=1S/C12H19N3O2S/c1-8-10(18-12(13)14-8)11(17)15-6-3-2-4-9(15)5-7-16/h9,16H,2-7H2,1H3,(H2,13,14). The van der Waals surface area contributed by atoms with Crippen molar-refractivity contribution in [1.29, 1.82) is 0 Å². The maximum atomic E-state index is 12.5. The number of thiazole rings is 1. The van der Waals surface area contributed by atoms with Crippen LogP contribution in [0, 0.1) is 6.92 Å². The van der Waals surface area contributed by atoms with Gasteiger partial charge in [0.25, 0.3) is 5.91 Å². The van der Waals surface area contributed by atoms with E-state index in [0.717, 1.165) is 25.8 Å². The maximum Gasteiger partial charge on any atom is 0.266 e. The second-order valence-corrected chi connectivity index (χ2v) is 5.66. The Morgan fingerprint density at radius 1 is 1.61 bits per heavy atom. The number of nitrogen functional groups attached to an aromatic ring is 1. The van der Waals surface area contributed by atoms with E-state index in [4.69, 9.17) is 10.8 Å². The van der Waals surface area contributed by atoms with Gasteiger partial charge in [-0.1, -0.05) is 11.3 Å². The number of aryl methyl sites for hydroxylation is 1. The van der Waals surface area contributed by atoms with Gasteiger partial charge in [-0.25, -0.2) is 4.98 Å². The molecule has 1 unspecified atom stereocenters. The highest BCUT2D eigenvalue weighted by molar-refractivity contribution is 7.17. The summed E-state index contributed by atoms with van der Waals surface area (Å²) in [6, 6.07) is 0.152. The number of carbonyl (C=O) groups excluding carboxylic acids is 1. The molecule has 1 aliphatic rings. The fourth-order valence-electron chi connectivity index (χ4n) is 2.46. The molecule has 5 nitrogen and oxygen atoms in total. The summed E-state index contributed by atoms with van der Waals surface area (Å²) in [6.07, 6.45) is 3.78. The average molecular weight is 269 g/mol. The third kappa shape index (κ3) is 2.64. The number of piperidine rings is 1. The number of hydrogen-bond acceptors (Lipinski definition) is 5. The Hall–Kier alpha value is -1.14. The molecular weight excluding hydrogens is 250 g/mol. The Kier molecular flexibility index (Phi) is 4.19. The van der Waals surface area contributed by atoms with E-state index in [1.165, 1.54) is 11.3 Å². The molecule has 1 saturated heterocycles. The number of anilines is 1. The number of rotatable bonds is 3. The minimum atomic E-state index is 0.0138. The third-order valence-electron chi connectivity index (χ3n) is 3.36. The summed E-state index contributed by atoms with van der Waals surface area (Å²) in [7, 11) is 0. The molecule has 0 saturated carbocycles. The van der Waals surface area contributed by atoms with Crippen LogP contribution in [0.5, 0.6) is 0 Å². The Bertz CT molecular complexity index is 431. The van der Waals surface area contributed by atoms with E-state index in [2.05, 4.69) is 4.98 Å². The number of carbonyl (C=O) groups is 1. The fourth-order valence-corrected chi connectivity index (χ4v) is 3.25. The Morgan fingerprint density at radius 3 is 3.00 bits per heavy atom. The summed E-state index contributed by atoms with van der Waals surface area (Å²) >= 11 is 1.25. The van der Waals surface area contributed by atoms with Gasteiger partial charge in [-0.05, 0) is 32.6 Å². The number of amides is 1. The Morgan fingerprint density at radius 2 is 2.39 bits per heavy atom. The van der Waals surface area contributed by atoms with E-state index >= 15 is 0 Å². The van der Waals surface area contributed by atoms with Crippen LogP contribution >= 0.6 is 11.3 Å². The molecule has 1 aliphatic heterocycles. The summed E-state index contributed by atoms with van der Waals surface area (Å²) in [5.74, 6) is 0.0138. The van der Waals surface area contributed by atoms with Crippen LogP contribution in [0.2, 0.25) is 0 Å². The number of aromatic nitrogens is 1. The Balaban J connectivity index is 2.18. The smallest absolute Gasteiger partial charge is 0.266 e. The molecule has 3 N–H and O–H groups in total. The van der Waals surface area contributed by atoms with Gasteiger partial charge < -0.3 is 15.7 Å². The number of nitrogens with two attached hydrogens (primary N) is 1. The molecule has 2 rings (SSSR count). The molecule has 1 amide bonds. The summed E-state index contributed by atoms with van der Waals surface area (Å²) in [5.41, 5.74) is 6.34. The first-order valence-electron chi connectivity index (χ1n) is 6.28. The van der Waals surface area contributed by atoms with Crippen molar-refractivity contribution >= 4 is 22.4 Å². The maximum absolute atomic E-state index is 12.5. The van der Waals surface area contributed by atoms with Crippen molar-refractivity contribution in [2.75, 3.05) is 18.9 Å². The van der Waals surface area contributed by atoms with Crippen molar-refractivity contribution in [1.82, 2.24) is 9.88 Å². The molecule has 1 atom stereocenters. The highest BCUT2D eigenvalue weighted by Crippen LogP contribution is 2.26. The molecule has 0 radical (unpaired) electrons. The molecule has 1 fully saturated rings. The highest BCUT2D eigenvalue weighted by Gasteiger charge is 2.29. The normalized spacial score (nSPS) is 20.1. The topological polar surface area (TPSA) is 79.5 Å². The number of hydrogen-bond donors (Lipinski definition) is 2. The summed E-state index contributed by atoms with van der Waals surface area (Å²) < 4.78 is 0. The molecule has 0 aromatic carbocycles. The number of aliphatic hydroxyl groups is 1. The van der Waals surface area contributed by atoms with Crippen molar-refractivity contribution in [3.8, 4) is 0 Å². The Labute approximate surface area is 111 Å². The quantitative estimate of drug-likeness (QED) is 0.869. The number of nitrogens with zero attached hydrogens (tertiary/aromatic N) is 2. The summed E-state index contributed by atoms with van der Waals surface area (Å²) in [6.45, 7) is 2.70. The zero-order valence-corrected chi connectivity index (χ0v) is 11.4. The monoisotopic (exact) mass is 269 g/mol. The predicted molar refractivity (Wildman–Crippen MR) is 71.6 cm³/mol. The van der Waals surface area contributed by atoms with Gasteiger partial charge in [-0.2, -0.15) is 0 Å². The van der Waals surface area contributed by atoms with Crippen molar-refractivity contribution in [2.45, 2.75) is 38.6 Å². The van der Waals surface area contributed by atoms with Gasteiger partial charge in [0.2, 0.25) is 0 Å². The largest absolute Gasteiger partial charge is 0.396 e. The molecule has 6 heteroatoms. The molecule has 0 aliphatic carbocycles. The molecule has 0 bridgehead atoms. The minimum absolute atomic E-state index is 0.0138. The van der Waals surface area contributed by atoms with Crippen molar-refractivity contribution in [2.24, 2.45) is 0 Å². The van der Waals surface area contributed by atoms with Crippen LogP contribution in [0.25, 0.3) is 0 Å². The molecule has 1 aromatic rings. The van der Waals surface area contributed by atoms with Crippen molar-refractivity contribution < 1.29 is 9.90 Å².